The van der Waals surface area contributed by atoms with E-state index in [-0.39, 0.29) is 17.7 Å². The first kappa shape index (κ1) is 9.19. The SMILES string of the molecule is Cc1cccc(F)c1[C@@H]1C[C@H]1C(=O)O. The van der Waals surface area contributed by atoms with Crippen molar-refractivity contribution in [1.82, 2.24) is 0 Å². The van der Waals surface area contributed by atoms with Crippen LogP contribution in [0.15, 0.2) is 18.2 Å². The van der Waals surface area contributed by atoms with E-state index in [9.17, 15) is 9.18 Å². The summed E-state index contributed by atoms with van der Waals surface area (Å²) in [5, 5.41) is 8.74. The van der Waals surface area contributed by atoms with Crippen LogP contribution in [0.25, 0.3) is 0 Å². The normalized spacial score (nSPS) is 24.7. The molecule has 0 spiro atoms. The van der Waals surface area contributed by atoms with E-state index in [0.29, 0.717) is 12.0 Å². The minimum absolute atomic E-state index is 0.117. The van der Waals surface area contributed by atoms with Gasteiger partial charge in [-0.05, 0) is 30.5 Å². The lowest BCUT2D eigenvalue weighted by Crippen LogP contribution is -2.01. The molecule has 1 aromatic rings. The number of aryl methyl sites for hydroxylation is 1. The Morgan fingerprint density at radius 2 is 2.29 bits per heavy atom. The largest absolute Gasteiger partial charge is 0.481 e. The molecule has 0 saturated heterocycles. The molecule has 14 heavy (non-hydrogen) atoms. The van der Waals surface area contributed by atoms with Gasteiger partial charge < -0.3 is 5.11 Å². The summed E-state index contributed by atoms with van der Waals surface area (Å²) in [5.41, 5.74) is 1.43. The third kappa shape index (κ3) is 1.39. The van der Waals surface area contributed by atoms with Gasteiger partial charge in [-0.2, -0.15) is 0 Å². The molecule has 0 unspecified atom stereocenters. The van der Waals surface area contributed by atoms with Crippen LogP contribution in [-0.2, 0) is 4.79 Å². The van der Waals surface area contributed by atoms with Crippen LogP contribution in [-0.4, -0.2) is 11.1 Å². The second-order valence-corrected chi connectivity index (χ2v) is 3.76. The van der Waals surface area contributed by atoms with E-state index < -0.39 is 5.97 Å². The topological polar surface area (TPSA) is 37.3 Å². The van der Waals surface area contributed by atoms with Crippen molar-refractivity contribution in [3.8, 4) is 0 Å². The summed E-state index contributed by atoms with van der Waals surface area (Å²) in [7, 11) is 0. The molecular weight excluding hydrogens is 183 g/mol. The van der Waals surface area contributed by atoms with E-state index in [1.54, 1.807) is 6.07 Å². The van der Waals surface area contributed by atoms with E-state index in [2.05, 4.69) is 0 Å². The number of aliphatic carboxylic acids is 1. The number of halogens is 1. The first-order valence-corrected chi connectivity index (χ1v) is 4.59. The monoisotopic (exact) mass is 194 g/mol. The Hall–Kier alpha value is -1.38. The van der Waals surface area contributed by atoms with E-state index in [1.165, 1.54) is 6.07 Å². The van der Waals surface area contributed by atoms with Gasteiger partial charge in [0.15, 0.2) is 0 Å². The van der Waals surface area contributed by atoms with Crippen molar-refractivity contribution in [3.63, 3.8) is 0 Å². The maximum atomic E-state index is 13.4. The summed E-state index contributed by atoms with van der Waals surface area (Å²) in [6.07, 6.45) is 0.567. The molecule has 0 bridgehead atoms. The molecule has 1 aliphatic carbocycles. The molecule has 2 rings (SSSR count). The Balaban J connectivity index is 2.31. The number of hydrogen-bond acceptors (Lipinski definition) is 1. The second kappa shape index (κ2) is 3.08. The highest BCUT2D eigenvalue weighted by Crippen LogP contribution is 2.49. The van der Waals surface area contributed by atoms with Gasteiger partial charge in [0.25, 0.3) is 0 Å². The van der Waals surface area contributed by atoms with Crippen LogP contribution in [0.5, 0.6) is 0 Å². The number of carboxylic acids is 1. The maximum absolute atomic E-state index is 13.4. The Morgan fingerprint density at radius 1 is 1.57 bits per heavy atom. The summed E-state index contributed by atoms with van der Waals surface area (Å²) in [5.74, 6) is -1.60. The average Bonchev–Trinajstić information content (AvgIpc) is 2.83. The average molecular weight is 194 g/mol. The first-order chi connectivity index (χ1) is 6.61. The van der Waals surface area contributed by atoms with Gasteiger partial charge in [0, 0.05) is 5.92 Å². The quantitative estimate of drug-likeness (QED) is 0.784. The van der Waals surface area contributed by atoms with Crippen molar-refractivity contribution in [2.45, 2.75) is 19.3 Å². The van der Waals surface area contributed by atoms with Gasteiger partial charge in [0.2, 0.25) is 0 Å². The molecule has 1 fully saturated rings. The highest BCUT2D eigenvalue weighted by molar-refractivity contribution is 5.75. The number of benzene rings is 1. The zero-order valence-electron chi connectivity index (χ0n) is 7.83. The van der Waals surface area contributed by atoms with Crippen molar-refractivity contribution in [2.24, 2.45) is 5.92 Å². The molecule has 0 radical (unpaired) electrons. The summed E-state index contributed by atoms with van der Waals surface area (Å²) in [4.78, 5) is 10.6. The van der Waals surface area contributed by atoms with E-state index >= 15 is 0 Å². The third-order valence-electron chi connectivity index (χ3n) is 2.75. The number of carboxylic acid groups (broad SMARTS) is 1. The van der Waals surface area contributed by atoms with Crippen molar-refractivity contribution in [1.29, 1.82) is 0 Å². The molecule has 2 atom stereocenters. The number of hydrogen-bond donors (Lipinski definition) is 1. The highest BCUT2D eigenvalue weighted by Gasteiger charge is 2.45. The van der Waals surface area contributed by atoms with Crippen molar-refractivity contribution >= 4 is 5.97 Å². The van der Waals surface area contributed by atoms with Crippen LogP contribution >= 0.6 is 0 Å². The van der Waals surface area contributed by atoms with Gasteiger partial charge in [-0.15, -0.1) is 0 Å². The zero-order chi connectivity index (χ0) is 10.3. The molecule has 2 nitrogen and oxygen atoms in total. The van der Waals surface area contributed by atoms with Crippen molar-refractivity contribution in [3.05, 3.63) is 35.1 Å². The highest BCUT2D eigenvalue weighted by atomic mass is 19.1. The van der Waals surface area contributed by atoms with Gasteiger partial charge in [-0.3, -0.25) is 4.79 Å². The summed E-state index contributed by atoms with van der Waals surface area (Å²) in [6.45, 7) is 1.82. The molecule has 1 N–H and O–H groups in total. The fourth-order valence-corrected chi connectivity index (χ4v) is 1.90. The molecule has 0 aliphatic heterocycles. The minimum Gasteiger partial charge on any atom is -0.481 e. The summed E-state index contributed by atoms with van der Waals surface area (Å²) in [6, 6.07) is 4.85. The molecule has 1 saturated carbocycles. The van der Waals surface area contributed by atoms with Crippen molar-refractivity contribution < 1.29 is 14.3 Å². The van der Waals surface area contributed by atoms with Gasteiger partial charge in [0.05, 0.1) is 5.92 Å². The molecule has 1 aliphatic rings. The zero-order valence-corrected chi connectivity index (χ0v) is 7.83. The molecule has 0 heterocycles. The molecule has 3 heteroatoms. The first-order valence-electron chi connectivity index (χ1n) is 4.59. The number of rotatable bonds is 2. The van der Waals surface area contributed by atoms with Crippen LogP contribution < -0.4 is 0 Å². The molecular formula is C11H11FO2. The van der Waals surface area contributed by atoms with Crippen LogP contribution in [0.1, 0.15) is 23.5 Å². The Bertz CT molecular complexity index is 367. The van der Waals surface area contributed by atoms with E-state index in [4.69, 9.17) is 5.11 Å². The van der Waals surface area contributed by atoms with Gasteiger partial charge >= 0.3 is 5.97 Å². The van der Waals surface area contributed by atoms with E-state index in [1.807, 2.05) is 13.0 Å². The Morgan fingerprint density at radius 3 is 2.79 bits per heavy atom. The van der Waals surface area contributed by atoms with Gasteiger partial charge in [-0.1, -0.05) is 12.1 Å². The number of carbonyl (C=O) groups is 1. The maximum Gasteiger partial charge on any atom is 0.307 e. The standard InChI is InChI=1S/C11H11FO2/c1-6-3-2-4-9(12)10(6)7-5-8(7)11(13)14/h2-4,7-8H,5H2,1H3,(H,13,14)/t7-,8-/m1/s1. The Labute approximate surface area is 81.4 Å². The van der Waals surface area contributed by atoms with Crippen LogP contribution in [0.3, 0.4) is 0 Å². The summed E-state index contributed by atoms with van der Waals surface area (Å²) >= 11 is 0. The van der Waals surface area contributed by atoms with Crippen LogP contribution in [0, 0.1) is 18.7 Å². The van der Waals surface area contributed by atoms with Crippen molar-refractivity contribution in [2.75, 3.05) is 0 Å². The lowest BCUT2D eigenvalue weighted by atomic mass is 10.0. The smallest absolute Gasteiger partial charge is 0.307 e. The predicted molar refractivity (Wildman–Crippen MR) is 49.6 cm³/mol. The molecule has 0 amide bonds. The van der Waals surface area contributed by atoms with E-state index in [0.717, 1.165) is 5.56 Å². The lowest BCUT2D eigenvalue weighted by molar-refractivity contribution is -0.138. The predicted octanol–water partition coefficient (Wildman–Crippen LogP) is 2.32. The molecule has 0 aromatic heterocycles. The van der Waals surface area contributed by atoms with Gasteiger partial charge in [0.1, 0.15) is 5.82 Å². The van der Waals surface area contributed by atoms with Gasteiger partial charge in [-0.25, -0.2) is 4.39 Å². The Kier molecular flexibility index (Phi) is 2.02. The lowest BCUT2D eigenvalue weighted by Gasteiger charge is -2.04. The minimum atomic E-state index is -0.822. The fourth-order valence-electron chi connectivity index (χ4n) is 1.90. The van der Waals surface area contributed by atoms with Crippen LogP contribution in [0.2, 0.25) is 0 Å². The summed E-state index contributed by atoms with van der Waals surface area (Å²) < 4.78 is 13.4. The van der Waals surface area contributed by atoms with Crippen LogP contribution in [0.4, 0.5) is 4.39 Å². The third-order valence-corrected chi connectivity index (χ3v) is 2.75. The molecule has 74 valence electrons. The molecule has 1 aromatic carbocycles. The fraction of sp³-hybridized carbons (Fsp3) is 0.364. The second-order valence-electron chi connectivity index (χ2n) is 3.76.